The molecule has 1 aliphatic rings. The topological polar surface area (TPSA) is 72.3 Å². The Morgan fingerprint density at radius 2 is 1.79 bits per heavy atom. The predicted octanol–water partition coefficient (Wildman–Crippen LogP) is 1.95. The average Bonchev–Trinajstić information content (AvgIpc) is 3.03. The van der Waals surface area contributed by atoms with Gasteiger partial charge in [-0.15, -0.1) is 0 Å². The zero-order valence-corrected chi connectivity index (χ0v) is 14.4. The molecular weight excluding hydrogens is 326 g/mol. The summed E-state index contributed by atoms with van der Waals surface area (Å²) in [6.07, 6.45) is 5.90. The lowest BCUT2D eigenvalue weighted by Gasteiger charge is -2.30. The summed E-state index contributed by atoms with van der Waals surface area (Å²) in [6, 6.07) is 8.68. The standard InChI is InChI=1S/C17H21N3O3S/c1-19-13-10-18-17(19)24(22,23)15(14-8-4-2-5-9-14)16(21)20-11-6-3-7-12-20/h2,4-5,8-10,13,15H,3,6-7,11-12H2,1H3/t15-/m0/s1. The first-order valence-corrected chi connectivity index (χ1v) is 9.61. The fraction of sp³-hybridized carbons (Fsp3) is 0.412. The van der Waals surface area contributed by atoms with E-state index in [1.807, 2.05) is 0 Å². The van der Waals surface area contributed by atoms with Crippen molar-refractivity contribution in [1.29, 1.82) is 0 Å². The minimum atomic E-state index is -3.93. The quantitative estimate of drug-likeness (QED) is 0.847. The van der Waals surface area contributed by atoms with Gasteiger partial charge in [0.05, 0.1) is 0 Å². The lowest BCUT2D eigenvalue weighted by molar-refractivity contribution is -0.131. The van der Waals surface area contributed by atoms with Crippen molar-refractivity contribution in [3.8, 4) is 0 Å². The fourth-order valence-electron chi connectivity index (χ4n) is 3.09. The summed E-state index contributed by atoms with van der Waals surface area (Å²) >= 11 is 0. The fourth-order valence-corrected chi connectivity index (χ4v) is 4.90. The average molecular weight is 347 g/mol. The Kier molecular flexibility index (Phi) is 4.71. The summed E-state index contributed by atoms with van der Waals surface area (Å²) in [6.45, 7) is 1.22. The molecule has 1 atom stereocenters. The molecule has 1 saturated heterocycles. The number of hydrogen-bond donors (Lipinski definition) is 0. The van der Waals surface area contributed by atoms with Gasteiger partial charge >= 0.3 is 0 Å². The second kappa shape index (κ2) is 6.76. The monoisotopic (exact) mass is 347 g/mol. The Bertz CT molecular complexity index is 809. The number of carbonyl (C=O) groups excluding carboxylic acids is 1. The number of sulfone groups is 1. The molecular formula is C17H21N3O3S. The molecule has 2 heterocycles. The summed E-state index contributed by atoms with van der Waals surface area (Å²) in [5, 5.41) is -1.33. The summed E-state index contributed by atoms with van der Waals surface area (Å²) in [4.78, 5) is 18.7. The van der Waals surface area contributed by atoms with Crippen LogP contribution in [-0.4, -0.2) is 41.9 Å². The molecule has 0 saturated carbocycles. The molecule has 1 amide bonds. The van der Waals surface area contributed by atoms with Crippen LogP contribution in [0.5, 0.6) is 0 Å². The predicted molar refractivity (Wildman–Crippen MR) is 90.0 cm³/mol. The SMILES string of the molecule is Cn1ccnc1S(=O)(=O)[C@H](C(=O)N1CCCCC1)c1ccccc1. The van der Waals surface area contributed by atoms with Crippen molar-refractivity contribution < 1.29 is 13.2 Å². The molecule has 2 aromatic rings. The van der Waals surface area contributed by atoms with E-state index in [1.54, 1.807) is 48.5 Å². The highest BCUT2D eigenvalue weighted by molar-refractivity contribution is 7.92. The van der Waals surface area contributed by atoms with Crippen molar-refractivity contribution in [2.75, 3.05) is 13.1 Å². The largest absolute Gasteiger partial charge is 0.341 e. The van der Waals surface area contributed by atoms with Gasteiger partial charge in [0.15, 0.2) is 5.25 Å². The molecule has 1 aliphatic heterocycles. The van der Waals surface area contributed by atoms with E-state index in [0.29, 0.717) is 18.7 Å². The number of nitrogens with zero attached hydrogens (tertiary/aromatic N) is 3. The Morgan fingerprint density at radius 1 is 1.12 bits per heavy atom. The first-order valence-electron chi connectivity index (χ1n) is 8.07. The number of piperidine rings is 1. The van der Waals surface area contributed by atoms with Crippen LogP contribution in [-0.2, 0) is 21.7 Å². The first-order chi connectivity index (χ1) is 11.5. The normalized spacial score (nSPS) is 16.8. The maximum Gasteiger partial charge on any atom is 0.245 e. The van der Waals surface area contributed by atoms with E-state index in [4.69, 9.17) is 0 Å². The van der Waals surface area contributed by atoms with Gasteiger partial charge in [-0.3, -0.25) is 4.79 Å². The maximum absolute atomic E-state index is 13.2. The van der Waals surface area contributed by atoms with Crippen LogP contribution in [0.15, 0.2) is 47.9 Å². The summed E-state index contributed by atoms with van der Waals surface area (Å²) in [5.74, 6) is -0.357. The molecule has 128 valence electrons. The van der Waals surface area contributed by atoms with Crippen LogP contribution < -0.4 is 0 Å². The molecule has 0 bridgehead atoms. The van der Waals surface area contributed by atoms with Crippen LogP contribution in [0.4, 0.5) is 0 Å². The van der Waals surface area contributed by atoms with E-state index in [0.717, 1.165) is 19.3 Å². The van der Waals surface area contributed by atoms with Gasteiger partial charge in [0.25, 0.3) is 0 Å². The minimum absolute atomic E-state index is 0.0817. The number of rotatable bonds is 4. The molecule has 6 nitrogen and oxygen atoms in total. The van der Waals surface area contributed by atoms with E-state index in [1.165, 1.54) is 10.8 Å². The number of likely N-dealkylation sites (tertiary alicyclic amines) is 1. The molecule has 3 rings (SSSR count). The van der Waals surface area contributed by atoms with Crippen LogP contribution in [0.1, 0.15) is 30.1 Å². The van der Waals surface area contributed by atoms with Gasteiger partial charge in [-0.25, -0.2) is 13.4 Å². The van der Waals surface area contributed by atoms with Gasteiger partial charge in [-0.2, -0.15) is 0 Å². The van der Waals surface area contributed by atoms with E-state index in [2.05, 4.69) is 4.98 Å². The van der Waals surface area contributed by atoms with Gasteiger partial charge in [-0.05, 0) is 24.8 Å². The van der Waals surface area contributed by atoms with Gasteiger partial charge in [0.2, 0.25) is 20.9 Å². The Balaban J connectivity index is 2.06. The van der Waals surface area contributed by atoms with Crippen LogP contribution in [0.25, 0.3) is 0 Å². The maximum atomic E-state index is 13.2. The Labute approximate surface area is 142 Å². The van der Waals surface area contributed by atoms with E-state index < -0.39 is 15.1 Å². The molecule has 1 aromatic heterocycles. The van der Waals surface area contributed by atoms with Crippen molar-refractivity contribution in [3.63, 3.8) is 0 Å². The number of hydrogen-bond acceptors (Lipinski definition) is 4. The minimum Gasteiger partial charge on any atom is -0.341 e. The third kappa shape index (κ3) is 3.08. The Hall–Kier alpha value is -2.15. The number of aromatic nitrogens is 2. The molecule has 1 fully saturated rings. The van der Waals surface area contributed by atoms with Gasteiger partial charge < -0.3 is 9.47 Å². The second-order valence-corrected chi connectivity index (χ2v) is 7.97. The molecule has 0 aliphatic carbocycles. The van der Waals surface area contributed by atoms with E-state index >= 15 is 0 Å². The zero-order valence-electron chi connectivity index (χ0n) is 13.6. The number of benzene rings is 1. The van der Waals surface area contributed by atoms with Crippen LogP contribution in [0.3, 0.4) is 0 Å². The molecule has 0 N–H and O–H groups in total. The lowest BCUT2D eigenvalue weighted by atomic mass is 10.1. The van der Waals surface area contributed by atoms with E-state index in [-0.39, 0.29) is 11.1 Å². The van der Waals surface area contributed by atoms with Crippen LogP contribution in [0.2, 0.25) is 0 Å². The Morgan fingerprint density at radius 3 is 2.38 bits per heavy atom. The molecule has 24 heavy (non-hydrogen) atoms. The number of amides is 1. The van der Waals surface area contributed by atoms with Gasteiger partial charge in [0.1, 0.15) is 0 Å². The van der Waals surface area contributed by atoms with Gasteiger partial charge in [-0.1, -0.05) is 30.3 Å². The summed E-state index contributed by atoms with van der Waals surface area (Å²) in [7, 11) is -2.31. The molecule has 1 aromatic carbocycles. The van der Waals surface area contributed by atoms with Crippen LogP contribution in [0, 0.1) is 0 Å². The van der Waals surface area contributed by atoms with Crippen LogP contribution >= 0.6 is 0 Å². The molecule has 0 radical (unpaired) electrons. The van der Waals surface area contributed by atoms with Crippen molar-refractivity contribution in [2.45, 2.75) is 29.7 Å². The first kappa shape index (κ1) is 16.7. The highest BCUT2D eigenvalue weighted by atomic mass is 32.2. The van der Waals surface area contributed by atoms with Crippen molar-refractivity contribution in [2.24, 2.45) is 7.05 Å². The number of aryl methyl sites for hydroxylation is 1. The highest BCUT2D eigenvalue weighted by Gasteiger charge is 2.40. The summed E-state index contributed by atoms with van der Waals surface area (Å²) in [5.41, 5.74) is 0.482. The van der Waals surface area contributed by atoms with Gasteiger partial charge in [0, 0.05) is 32.5 Å². The smallest absolute Gasteiger partial charge is 0.245 e. The lowest BCUT2D eigenvalue weighted by Crippen LogP contribution is -2.41. The number of imidazole rings is 1. The van der Waals surface area contributed by atoms with Crippen molar-refractivity contribution in [1.82, 2.24) is 14.5 Å². The molecule has 7 heteroatoms. The zero-order chi connectivity index (χ0) is 17.2. The third-order valence-electron chi connectivity index (χ3n) is 4.34. The van der Waals surface area contributed by atoms with Crippen molar-refractivity contribution in [3.05, 3.63) is 48.3 Å². The number of carbonyl (C=O) groups is 1. The third-order valence-corrected chi connectivity index (χ3v) is 6.33. The van der Waals surface area contributed by atoms with Crippen molar-refractivity contribution >= 4 is 15.7 Å². The summed E-state index contributed by atoms with van der Waals surface area (Å²) < 4.78 is 27.8. The molecule has 0 unspecified atom stereocenters. The highest BCUT2D eigenvalue weighted by Crippen LogP contribution is 2.30. The second-order valence-electron chi connectivity index (χ2n) is 6.04. The van der Waals surface area contributed by atoms with E-state index in [9.17, 15) is 13.2 Å². The molecule has 0 spiro atoms.